The Balaban J connectivity index is 1.98. The second kappa shape index (κ2) is 9.04. The lowest BCUT2D eigenvalue weighted by Crippen LogP contribution is -2.46. The van der Waals surface area contributed by atoms with E-state index >= 15 is 0 Å². The van der Waals surface area contributed by atoms with E-state index in [1.54, 1.807) is 0 Å². The normalized spacial score (nSPS) is 18.6. The van der Waals surface area contributed by atoms with Gasteiger partial charge < -0.3 is 19.3 Å². The van der Waals surface area contributed by atoms with Crippen LogP contribution < -0.4 is 4.74 Å². The predicted octanol–water partition coefficient (Wildman–Crippen LogP) is 2.33. The molecule has 0 N–H and O–H groups in total. The largest absolute Gasteiger partial charge is 0.481 e. The summed E-state index contributed by atoms with van der Waals surface area (Å²) in [5.74, 6) is 0.759. The van der Waals surface area contributed by atoms with Crippen molar-refractivity contribution < 1.29 is 14.3 Å². The molecule has 2 rings (SSSR count). The van der Waals surface area contributed by atoms with Crippen molar-refractivity contribution in [3.63, 3.8) is 0 Å². The minimum Gasteiger partial charge on any atom is -0.481 e. The predicted molar refractivity (Wildman–Crippen MR) is 95.4 cm³/mol. The van der Waals surface area contributed by atoms with E-state index in [-0.39, 0.29) is 12.0 Å². The lowest BCUT2D eigenvalue weighted by atomic mass is 10.2. The van der Waals surface area contributed by atoms with Gasteiger partial charge in [-0.25, -0.2) is 0 Å². The van der Waals surface area contributed by atoms with Gasteiger partial charge in [-0.1, -0.05) is 12.1 Å². The number of carbonyl (C=O) groups excluding carboxylic acids is 1. The first-order chi connectivity index (χ1) is 11.5. The Morgan fingerprint density at radius 2 is 2.17 bits per heavy atom. The average molecular weight is 334 g/mol. The zero-order chi connectivity index (χ0) is 17.5. The van der Waals surface area contributed by atoms with Crippen LogP contribution in [0.3, 0.4) is 0 Å². The molecule has 0 radical (unpaired) electrons. The number of likely N-dealkylation sites (N-methyl/N-ethyl adjacent to an activating group) is 1. The molecule has 1 aromatic carbocycles. The highest BCUT2D eigenvalue weighted by molar-refractivity contribution is 5.81. The first-order valence-corrected chi connectivity index (χ1v) is 8.74. The molecule has 24 heavy (non-hydrogen) atoms. The molecular weight excluding hydrogens is 304 g/mol. The summed E-state index contributed by atoms with van der Waals surface area (Å²) in [5, 5.41) is 0. The number of hydrogen-bond acceptors (Lipinski definition) is 4. The number of hydrogen-bond donors (Lipinski definition) is 0. The Hall–Kier alpha value is -1.59. The summed E-state index contributed by atoms with van der Waals surface area (Å²) >= 11 is 0. The molecule has 5 nitrogen and oxygen atoms in total. The topological polar surface area (TPSA) is 42.0 Å². The first kappa shape index (κ1) is 18.7. The highest BCUT2D eigenvalue weighted by atomic mass is 16.5. The van der Waals surface area contributed by atoms with E-state index in [4.69, 9.17) is 9.47 Å². The van der Waals surface area contributed by atoms with Crippen LogP contribution >= 0.6 is 0 Å². The van der Waals surface area contributed by atoms with Gasteiger partial charge in [0.25, 0.3) is 5.91 Å². The van der Waals surface area contributed by atoms with Crippen LogP contribution in [0.15, 0.2) is 24.3 Å². The number of rotatable bonds is 8. The van der Waals surface area contributed by atoms with Crippen molar-refractivity contribution in [2.45, 2.75) is 38.9 Å². The number of ether oxygens (including phenoxy) is 2. The third-order valence-electron chi connectivity index (χ3n) is 4.23. The molecule has 1 fully saturated rings. The summed E-state index contributed by atoms with van der Waals surface area (Å²) < 4.78 is 11.6. The molecule has 0 saturated carbocycles. The Morgan fingerprint density at radius 3 is 2.79 bits per heavy atom. The first-order valence-electron chi connectivity index (χ1n) is 8.74. The Morgan fingerprint density at radius 1 is 1.38 bits per heavy atom. The van der Waals surface area contributed by atoms with Crippen molar-refractivity contribution in [2.24, 2.45) is 0 Å². The summed E-state index contributed by atoms with van der Waals surface area (Å²) in [5.41, 5.74) is 1.12. The van der Waals surface area contributed by atoms with Crippen LogP contribution in [-0.2, 0) is 9.53 Å². The molecule has 1 heterocycles. The SMILES string of the molecule is Cc1cccc(O[C@@H](C)C(=O)N(CCN(C)C)C[C@H]2CCCO2)c1. The van der Waals surface area contributed by atoms with Crippen LogP contribution in [0.5, 0.6) is 5.75 Å². The van der Waals surface area contributed by atoms with E-state index in [1.165, 1.54) is 0 Å². The van der Waals surface area contributed by atoms with Crippen molar-refractivity contribution in [3.05, 3.63) is 29.8 Å². The van der Waals surface area contributed by atoms with Gasteiger partial charge in [-0.15, -0.1) is 0 Å². The average Bonchev–Trinajstić information content (AvgIpc) is 3.03. The van der Waals surface area contributed by atoms with Crippen molar-refractivity contribution in [1.29, 1.82) is 0 Å². The summed E-state index contributed by atoms with van der Waals surface area (Å²) in [6.45, 7) is 6.80. The second-order valence-electron chi connectivity index (χ2n) is 6.80. The minimum absolute atomic E-state index is 0.0221. The zero-order valence-electron chi connectivity index (χ0n) is 15.3. The molecule has 0 bridgehead atoms. The number of nitrogens with zero attached hydrogens (tertiary/aromatic N) is 2. The number of aryl methyl sites for hydroxylation is 1. The fraction of sp³-hybridized carbons (Fsp3) is 0.632. The number of benzene rings is 1. The van der Waals surface area contributed by atoms with Crippen LogP contribution in [-0.4, -0.2) is 68.3 Å². The molecule has 2 atom stereocenters. The van der Waals surface area contributed by atoms with Gasteiger partial charge in [0.05, 0.1) is 6.10 Å². The van der Waals surface area contributed by atoms with Gasteiger partial charge in [-0.2, -0.15) is 0 Å². The molecule has 1 aromatic rings. The van der Waals surface area contributed by atoms with E-state index in [0.717, 1.165) is 37.3 Å². The highest BCUT2D eigenvalue weighted by Gasteiger charge is 2.26. The van der Waals surface area contributed by atoms with Gasteiger partial charge in [0.1, 0.15) is 5.75 Å². The molecule has 0 unspecified atom stereocenters. The van der Waals surface area contributed by atoms with Gasteiger partial charge in [-0.05, 0) is 58.5 Å². The van der Waals surface area contributed by atoms with E-state index in [0.29, 0.717) is 13.1 Å². The maximum atomic E-state index is 12.9. The molecule has 0 aromatic heterocycles. The monoisotopic (exact) mass is 334 g/mol. The Kier molecular flexibility index (Phi) is 7.06. The van der Waals surface area contributed by atoms with Crippen LogP contribution in [0.25, 0.3) is 0 Å². The summed E-state index contributed by atoms with van der Waals surface area (Å²) in [6, 6.07) is 7.80. The van der Waals surface area contributed by atoms with E-state index < -0.39 is 6.10 Å². The molecule has 1 saturated heterocycles. The van der Waals surface area contributed by atoms with Crippen LogP contribution in [0, 0.1) is 6.92 Å². The zero-order valence-corrected chi connectivity index (χ0v) is 15.3. The third-order valence-corrected chi connectivity index (χ3v) is 4.23. The summed E-state index contributed by atoms with van der Waals surface area (Å²) in [6.07, 6.45) is 1.76. The van der Waals surface area contributed by atoms with Gasteiger partial charge in [0, 0.05) is 26.2 Å². The van der Waals surface area contributed by atoms with Gasteiger partial charge in [-0.3, -0.25) is 4.79 Å². The van der Waals surface area contributed by atoms with Crippen molar-refractivity contribution in [1.82, 2.24) is 9.80 Å². The van der Waals surface area contributed by atoms with Gasteiger partial charge in [0.2, 0.25) is 0 Å². The quantitative estimate of drug-likeness (QED) is 0.732. The Labute approximate surface area is 145 Å². The van der Waals surface area contributed by atoms with Crippen LogP contribution in [0.1, 0.15) is 25.3 Å². The maximum Gasteiger partial charge on any atom is 0.263 e. The molecule has 1 aliphatic rings. The summed E-state index contributed by atoms with van der Waals surface area (Å²) in [7, 11) is 4.03. The van der Waals surface area contributed by atoms with Crippen LogP contribution in [0.4, 0.5) is 0 Å². The van der Waals surface area contributed by atoms with Crippen molar-refractivity contribution in [3.8, 4) is 5.75 Å². The van der Waals surface area contributed by atoms with Crippen molar-refractivity contribution >= 4 is 5.91 Å². The van der Waals surface area contributed by atoms with Gasteiger partial charge in [0.15, 0.2) is 6.10 Å². The molecule has 1 aliphatic heterocycles. The number of amides is 1. The second-order valence-corrected chi connectivity index (χ2v) is 6.80. The lowest BCUT2D eigenvalue weighted by Gasteiger charge is -2.29. The molecule has 5 heteroatoms. The third kappa shape index (κ3) is 5.80. The molecule has 0 spiro atoms. The van der Waals surface area contributed by atoms with E-state index in [9.17, 15) is 4.79 Å². The standard InChI is InChI=1S/C19H30N2O3/c1-15-7-5-8-17(13-15)24-16(2)19(22)21(11-10-20(3)4)14-18-9-6-12-23-18/h5,7-8,13,16,18H,6,9-12,14H2,1-4H3/t16-,18+/m0/s1. The summed E-state index contributed by atoms with van der Waals surface area (Å²) in [4.78, 5) is 16.8. The van der Waals surface area contributed by atoms with E-state index in [1.807, 2.05) is 57.1 Å². The number of carbonyl (C=O) groups is 1. The van der Waals surface area contributed by atoms with Gasteiger partial charge >= 0.3 is 0 Å². The minimum atomic E-state index is -0.504. The van der Waals surface area contributed by atoms with Crippen molar-refractivity contribution in [2.75, 3.05) is 40.3 Å². The fourth-order valence-electron chi connectivity index (χ4n) is 2.85. The lowest BCUT2D eigenvalue weighted by molar-refractivity contribution is -0.139. The molecule has 134 valence electrons. The molecule has 1 amide bonds. The Bertz CT molecular complexity index is 527. The van der Waals surface area contributed by atoms with Crippen LogP contribution in [0.2, 0.25) is 0 Å². The molecular formula is C19H30N2O3. The molecule has 0 aliphatic carbocycles. The van der Waals surface area contributed by atoms with E-state index in [2.05, 4.69) is 4.90 Å². The smallest absolute Gasteiger partial charge is 0.263 e. The fourth-order valence-corrected chi connectivity index (χ4v) is 2.85. The highest BCUT2D eigenvalue weighted by Crippen LogP contribution is 2.17. The maximum absolute atomic E-state index is 12.9.